The monoisotopic (exact) mass is 484 g/mol. The highest BCUT2D eigenvalue weighted by Gasteiger charge is 2.37. The molecule has 1 aliphatic rings. The van der Waals surface area contributed by atoms with Crippen LogP contribution in [0.1, 0.15) is 39.8 Å². The number of phenols is 5. The number of aromatic hydroxyl groups is 5. The van der Waals surface area contributed by atoms with E-state index in [1.165, 1.54) is 31.4 Å². The van der Waals surface area contributed by atoms with Crippen molar-refractivity contribution in [1.82, 2.24) is 0 Å². The molecule has 0 aromatic heterocycles. The molecule has 0 amide bonds. The Labute approximate surface area is 207 Å². The maximum atomic E-state index is 10.1. The second-order valence-corrected chi connectivity index (χ2v) is 8.60. The number of hydrogen-bond acceptors (Lipinski definition) is 7. The first-order valence-corrected chi connectivity index (χ1v) is 11.2. The van der Waals surface area contributed by atoms with Crippen LogP contribution in [0.3, 0.4) is 0 Å². The van der Waals surface area contributed by atoms with Crippen molar-refractivity contribution in [2.75, 3.05) is 7.11 Å². The van der Waals surface area contributed by atoms with Crippen molar-refractivity contribution < 1.29 is 35.0 Å². The summed E-state index contributed by atoms with van der Waals surface area (Å²) in [6.07, 6.45) is 3.04. The van der Waals surface area contributed by atoms with Gasteiger partial charge in [0.2, 0.25) is 0 Å². The van der Waals surface area contributed by atoms with E-state index in [1.54, 1.807) is 36.4 Å². The molecule has 1 aliphatic heterocycles. The molecule has 36 heavy (non-hydrogen) atoms. The maximum absolute atomic E-state index is 10.1. The predicted octanol–water partition coefficient (Wildman–Crippen LogP) is 5.66. The van der Waals surface area contributed by atoms with Gasteiger partial charge in [-0.2, -0.15) is 0 Å². The molecule has 0 bridgehead atoms. The van der Waals surface area contributed by atoms with Crippen molar-refractivity contribution in [3.05, 3.63) is 101 Å². The highest BCUT2D eigenvalue weighted by molar-refractivity contribution is 5.74. The Morgan fingerprint density at radius 1 is 0.694 bits per heavy atom. The van der Waals surface area contributed by atoms with Crippen LogP contribution >= 0.6 is 0 Å². The Morgan fingerprint density at radius 3 is 2.19 bits per heavy atom. The van der Waals surface area contributed by atoms with Gasteiger partial charge in [0.1, 0.15) is 34.9 Å². The first-order valence-electron chi connectivity index (χ1n) is 11.2. The zero-order chi connectivity index (χ0) is 25.4. The van der Waals surface area contributed by atoms with E-state index in [0.29, 0.717) is 22.6 Å². The van der Waals surface area contributed by atoms with Gasteiger partial charge in [0, 0.05) is 23.3 Å². The minimum atomic E-state index is -0.518. The van der Waals surface area contributed by atoms with Gasteiger partial charge in [0.15, 0.2) is 11.5 Å². The van der Waals surface area contributed by atoms with Crippen LogP contribution in [0.2, 0.25) is 0 Å². The molecule has 182 valence electrons. The largest absolute Gasteiger partial charge is 0.508 e. The fourth-order valence-electron chi connectivity index (χ4n) is 4.52. The molecule has 7 nitrogen and oxygen atoms in total. The van der Waals surface area contributed by atoms with Crippen molar-refractivity contribution in [3.8, 4) is 40.2 Å². The summed E-state index contributed by atoms with van der Waals surface area (Å²) in [7, 11) is 1.47. The van der Waals surface area contributed by atoms with Crippen molar-refractivity contribution in [2.45, 2.75) is 12.0 Å². The van der Waals surface area contributed by atoms with Gasteiger partial charge in [-0.05, 0) is 59.2 Å². The van der Waals surface area contributed by atoms with E-state index in [2.05, 4.69) is 0 Å². The van der Waals surface area contributed by atoms with Gasteiger partial charge in [0.25, 0.3) is 0 Å². The quantitative estimate of drug-likeness (QED) is 0.232. The second-order valence-electron chi connectivity index (χ2n) is 8.60. The van der Waals surface area contributed by atoms with Crippen molar-refractivity contribution >= 4 is 12.2 Å². The third-order valence-corrected chi connectivity index (χ3v) is 6.22. The van der Waals surface area contributed by atoms with E-state index in [4.69, 9.17) is 9.47 Å². The van der Waals surface area contributed by atoms with Crippen LogP contribution in [-0.2, 0) is 0 Å². The first-order chi connectivity index (χ1) is 17.3. The van der Waals surface area contributed by atoms with Gasteiger partial charge in [-0.25, -0.2) is 0 Å². The molecule has 2 atom stereocenters. The van der Waals surface area contributed by atoms with E-state index in [1.807, 2.05) is 24.3 Å². The van der Waals surface area contributed by atoms with Crippen LogP contribution in [-0.4, -0.2) is 32.6 Å². The molecule has 0 aliphatic carbocycles. The molecule has 7 heteroatoms. The Bertz CT molecular complexity index is 1450. The number of rotatable bonds is 5. The van der Waals surface area contributed by atoms with Gasteiger partial charge < -0.3 is 35.0 Å². The van der Waals surface area contributed by atoms with Gasteiger partial charge >= 0.3 is 0 Å². The van der Waals surface area contributed by atoms with Gasteiger partial charge in [0.05, 0.1) is 13.0 Å². The molecule has 0 unspecified atom stereocenters. The molecule has 4 aromatic carbocycles. The summed E-state index contributed by atoms with van der Waals surface area (Å²) in [4.78, 5) is 0. The van der Waals surface area contributed by atoms with E-state index >= 15 is 0 Å². The molecule has 0 spiro atoms. The highest BCUT2D eigenvalue weighted by Crippen LogP contribution is 2.51. The van der Waals surface area contributed by atoms with E-state index in [9.17, 15) is 25.5 Å². The minimum absolute atomic E-state index is 0.00761. The third-order valence-electron chi connectivity index (χ3n) is 6.22. The van der Waals surface area contributed by atoms with Gasteiger partial charge in [-0.15, -0.1) is 0 Å². The first kappa shape index (κ1) is 23.0. The Balaban J connectivity index is 1.56. The average Bonchev–Trinajstić information content (AvgIpc) is 3.22. The lowest BCUT2D eigenvalue weighted by molar-refractivity contribution is 0.221. The zero-order valence-electron chi connectivity index (χ0n) is 19.3. The molecule has 4 aromatic rings. The van der Waals surface area contributed by atoms with Gasteiger partial charge in [-0.3, -0.25) is 0 Å². The second kappa shape index (κ2) is 9.11. The molecule has 0 radical (unpaired) electrons. The minimum Gasteiger partial charge on any atom is -0.508 e. The average molecular weight is 485 g/mol. The standard InChI is InChI=1S/C29H24O7/c1-35-27-13-18(6-9-24(27)33)29-28(19-11-21(31)14-22(32)12-19)23-8-3-16(10-26(23)36-29)2-4-17-5-7-20(30)15-25(17)34/h2-15,28-34H,1H3/b4-2+/t28-,29+/m0/s1. The zero-order valence-corrected chi connectivity index (χ0v) is 19.3. The fraction of sp³-hybridized carbons (Fsp3) is 0.103. The predicted molar refractivity (Wildman–Crippen MR) is 135 cm³/mol. The Hall–Kier alpha value is -4.78. The van der Waals surface area contributed by atoms with Crippen LogP contribution in [0.25, 0.3) is 12.2 Å². The van der Waals surface area contributed by atoms with Crippen molar-refractivity contribution in [1.29, 1.82) is 0 Å². The molecule has 5 N–H and O–H groups in total. The molecule has 0 saturated carbocycles. The number of ether oxygens (including phenoxy) is 2. The highest BCUT2D eigenvalue weighted by atomic mass is 16.5. The number of benzene rings is 4. The maximum Gasteiger partial charge on any atom is 0.160 e. The van der Waals surface area contributed by atoms with E-state index in [-0.39, 0.29) is 34.7 Å². The smallest absolute Gasteiger partial charge is 0.160 e. The summed E-state index contributed by atoms with van der Waals surface area (Å²) < 4.78 is 11.7. The number of phenolic OH excluding ortho intramolecular Hbond substituents is 5. The number of hydrogen-bond donors (Lipinski definition) is 5. The SMILES string of the molecule is COc1cc([C@H]2Oc3cc(/C=C/c4ccc(O)cc4O)ccc3[C@@H]2c2cc(O)cc(O)c2)ccc1O. The Morgan fingerprint density at radius 2 is 1.47 bits per heavy atom. The normalized spacial score (nSPS) is 16.6. The van der Waals surface area contributed by atoms with E-state index in [0.717, 1.165) is 16.7 Å². The summed E-state index contributed by atoms with van der Waals surface area (Å²) in [6.45, 7) is 0. The molecule has 5 rings (SSSR count). The Kier molecular flexibility index (Phi) is 5.82. The van der Waals surface area contributed by atoms with Crippen LogP contribution in [0.15, 0.2) is 72.8 Å². The topological polar surface area (TPSA) is 120 Å². The summed E-state index contributed by atoms with van der Waals surface area (Å²) in [5, 5.41) is 49.9. The van der Waals surface area contributed by atoms with Crippen LogP contribution < -0.4 is 9.47 Å². The summed E-state index contributed by atoms with van der Waals surface area (Å²) in [5.41, 5.74) is 3.65. The van der Waals surface area contributed by atoms with Crippen LogP contribution in [0.4, 0.5) is 0 Å². The molecular formula is C29H24O7. The third kappa shape index (κ3) is 4.34. The van der Waals surface area contributed by atoms with E-state index < -0.39 is 6.10 Å². The van der Waals surface area contributed by atoms with Gasteiger partial charge in [-0.1, -0.05) is 30.4 Å². The number of fused-ring (bicyclic) bond motifs is 1. The summed E-state index contributed by atoms with van der Waals surface area (Å²) >= 11 is 0. The molecular weight excluding hydrogens is 460 g/mol. The lowest BCUT2D eigenvalue weighted by Gasteiger charge is -2.21. The lowest BCUT2D eigenvalue weighted by Crippen LogP contribution is -2.11. The van der Waals surface area contributed by atoms with Crippen LogP contribution in [0, 0.1) is 0 Å². The fourth-order valence-corrected chi connectivity index (χ4v) is 4.52. The number of methoxy groups -OCH3 is 1. The molecule has 0 fully saturated rings. The lowest BCUT2D eigenvalue weighted by atomic mass is 9.84. The molecule has 0 saturated heterocycles. The summed E-state index contributed by atoms with van der Waals surface area (Å²) in [5.74, 6) is 0.409. The molecule has 1 heterocycles. The van der Waals surface area contributed by atoms with Crippen molar-refractivity contribution in [3.63, 3.8) is 0 Å². The van der Waals surface area contributed by atoms with Crippen LogP contribution in [0.5, 0.6) is 40.2 Å². The summed E-state index contributed by atoms with van der Waals surface area (Å²) in [6, 6.07) is 19.5. The van der Waals surface area contributed by atoms with Crippen molar-refractivity contribution in [2.24, 2.45) is 0 Å².